The van der Waals surface area contributed by atoms with Gasteiger partial charge < -0.3 is 20.5 Å². The fourth-order valence-electron chi connectivity index (χ4n) is 2.97. The van der Waals surface area contributed by atoms with Gasteiger partial charge in [0.1, 0.15) is 17.7 Å². The van der Waals surface area contributed by atoms with E-state index in [0.29, 0.717) is 12.2 Å². The molecule has 29 heavy (non-hydrogen) atoms. The summed E-state index contributed by atoms with van der Waals surface area (Å²) in [5.74, 6) is -2.22. The van der Waals surface area contributed by atoms with Gasteiger partial charge in [0.2, 0.25) is 0 Å². The Morgan fingerprint density at radius 2 is 1.66 bits per heavy atom. The van der Waals surface area contributed by atoms with Crippen LogP contribution in [0.4, 0.5) is 19.3 Å². The van der Waals surface area contributed by atoms with Crippen LogP contribution in [0.2, 0.25) is 19.6 Å². The second-order valence-corrected chi connectivity index (χ2v) is 12.6. The summed E-state index contributed by atoms with van der Waals surface area (Å²) >= 11 is 0. The maximum Gasteiger partial charge on any atom is 0.405 e. The van der Waals surface area contributed by atoms with Crippen LogP contribution in [0.1, 0.15) is 17.2 Å². The summed E-state index contributed by atoms with van der Waals surface area (Å²) in [6.07, 6.45) is -1.41. The predicted molar refractivity (Wildman–Crippen MR) is 109 cm³/mol. The van der Waals surface area contributed by atoms with Crippen LogP contribution in [-0.2, 0) is 16.1 Å². The van der Waals surface area contributed by atoms with Crippen molar-refractivity contribution in [2.75, 3.05) is 12.4 Å². The van der Waals surface area contributed by atoms with Crippen molar-refractivity contribution in [3.8, 4) is 0 Å². The van der Waals surface area contributed by atoms with Crippen LogP contribution in [0, 0.1) is 11.6 Å². The van der Waals surface area contributed by atoms with Gasteiger partial charge in [-0.3, -0.25) is 4.79 Å². The lowest BCUT2D eigenvalue weighted by molar-refractivity contribution is -0.118. The molecule has 0 bridgehead atoms. The van der Waals surface area contributed by atoms with Gasteiger partial charge in [-0.05, 0) is 23.3 Å². The zero-order valence-corrected chi connectivity index (χ0v) is 17.7. The number of carboxylic acid groups (broad SMARTS) is 1. The van der Waals surface area contributed by atoms with E-state index in [9.17, 15) is 18.4 Å². The Balaban J connectivity index is 2.29. The van der Waals surface area contributed by atoms with E-state index in [1.165, 1.54) is 0 Å². The molecule has 0 aliphatic carbocycles. The van der Waals surface area contributed by atoms with Gasteiger partial charge in [-0.25, -0.2) is 13.6 Å². The van der Waals surface area contributed by atoms with E-state index in [0.717, 1.165) is 17.7 Å². The number of hydrogen-bond donors (Lipinski definition) is 3. The minimum Gasteiger partial charge on any atom is -0.465 e. The highest BCUT2D eigenvalue weighted by Crippen LogP contribution is 2.20. The van der Waals surface area contributed by atoms with Gasteiger partial charge in [0.15, 0.2) is 0 Å². The van der Waals surface area contributed by atoms with E-state index in [4.69, 9.17) is 9.84 Å². The predicted octanol–water partition coefficient (Wildman–Crippen LogP) is 3.60. The molecule has 6 nitrogen and oxygen atoms in total. The Hall–Kier alpha value is -2.78. The van der Waals surface area contributed by atoms with Crippen molar-refractivity contribution >= 4 is 30.9 Å². The smallest absolute Gasteiger partial charge is 0.405 e. The lowest BCUT2D eigenvalue weighted by Crippen LogP contribution is -2.42. The number of methoxy groups -OCH3 is 1. The number of nitrogens with one attached hydrogen (secondary N) is 2. The molecule has 0 aromatic heterocycles. The monoisotopic (exact) mass is 422 g/mol. The average molecular weight is 423 g/mol. The van der Waals surface area contributed by atoms with Gasteiger partial charge in [0.05, 0.1) is 14.7 Å². The van der Waals surface area contributed by atoms with E-state index in [-0.39, 0.29) is 10.9 Å². The van der Waals surface area contributed by atoms with Gasteiger partial charge in [0.25, 0.3) is 5.91 Å². The highest BCUT2D eigenvalue weighted by Gasteiger charge is 2.27. The largest absolute Gasteiger partial charge is 0.465 e. The minimum absolute atomic E-state index is 0.0458. The van der Waals surface area contributed by atoms with Gasteiger partial charge in [-0.1, -0.05) is 43.9 Å². The lowest BCUT2D eigenvalue weighted by Gasteiger charge is -2.21. The fraction of sp³-hybridized carbons (Fsp3) is 0.300. The van der Waals surface area contributed by atoms with Crippen molar-refractivity contribution in [3.05, 3.63) is 59.2 Å². The number of amides is 2. The third kappa shape index (κ3) is 5.85. The first kappa shape index (κ1) is 22.5. The molecule has 1 atom stereocenters. The molecule has 0 aliphatic rings. The number of carbonyl (C=O) groups excluding carboxylic acids is 1. The third-order valence-corrected chi connectivity index (χ3v) is 6.19. The Labute approximate surface area is 168 Å². The van der Waals surface area contributed by atoms with Crippen molar-refractivity contribution in [1.82, 2.24) is 5.32 Å². The van der Waals surface area contributed by atoms with Gasteiger partial charge in [0, 0.05) is 18.0 Å². The number of benzene rings is 2. The van der Waals surface area contributed by atoms with Crippen molar-refractivity contribution in [1.29, 1.82) is 0 Å². The maximum absolute atomic E-state index is 14.4. The highest BCUT2D eigenvalue weighted by atomic mass is 28.3. The maximum atomic E-state index is 14.4. The molecule has 0 radical (unpaired) electrons. The van der Waals surface area contributed by atoms with E-state index in [1.54, 1.807) is 31.4 Å². The summed E-state index contributed by atoms with van der Waals surface area (Å²) in [5.41, 5.74) is 1.14. The van der Waals surface area contributed by atoms with Crippen LogP contribution in [0.15, 0.2) is 36.4 Å². The molecule has 2 amide bonds. The molecular weight excluding hydrogens is 398 g/mol. The van der Waals surface area contributed by atoms with E-state index in [1.807, 2.05) is 19.6 Å². The molecule has 0 heterocycles. The molecule has 1 unspecified atom stereocenters. The van der Waals surface area contributed by atoms with E-state index < -0.39 is 37.8 Å². The molecule has 2 aromatic carbocycles. The molecule has 0 aliphatic heterocycles. The summed E-state index contributed by atoms with van der Waals surface area (Å²) in [6, 6.07) is 7.41. The molecule has 9 heteroatoms. The molecule has 0 spiro atoms. The Bertz CT molecular complexity index is 875. The zero-order chi connectivity index (χ0) is 21.8. The highest BCUT2D eigenvalue weighted by molar-refractivity contribution is 6.88. The summed E-state index contributed by atoms with van der Waals surface area (Å²) in [7, 11) is -0.713. The number of anilines is 1. The molecular formula is C20H24F2N2O4Si. The van der Waals surface area contributed by atoms with Crippen LogP contribution in [-0.4, -0.2) is 32.3 Å². The molecule has 3 N–H and O–H groups in total. The summed E-state index contributed by atoms with van der Waals surface area (Å²) < 4.78 is 33.9. The van der Waals surface area contributed by atoms with Crippen LogP contribution >= 0.6 is 0 Å². The van der Waals surface area contributed by atoms with Gasteiger partial charge in [-0.15, -0.1) is 0 Å². The molecule has 2 aromatic rings. The number of rotatable bonds is 7. The number of carbonyl (C=O) groups is 2. The quantitative estimate of drug-likeness (QED) is 0.595. The molecule has 2 rings (SSSR count). The Kier molecular flexibility index (Phi) is 7.10. The first-order chi connectivity index (χ1) is 13.5. The Morgan fingerprint density at radius 1 is 1.10 bits per heavy atom. The average Bonchev–Trinajstić information content (AvgIpc) is 2.58. The normalized spacial score (nSPS) is 12.3. The van der Waals surface area contributed by atoms with Crippen molar-refractivity contribution in [2.24, 2.45) is 0 Å². The minimum atomic E-state index is -2.26. The SMILES string of the molecule is COCc1ccc(C(NC(=O)O)C(=O)Nc2cc(F)c([Si](C)(C)C)c(F)c2)cc1. The van der Waals surface area contributed by atoms with Crippen LogP contribution in [0.3, 0.4) is 0 Å². The van der Waals surface area contributed by atoms with Gasteiger partial charge >= 0.3 is 6.09 Å². The first-order valence-corrected chi connectivity index (χ1v) is 12.4. The second-order valence-electron chi connectivity index (χ2n) is 7.61. The van der Waals surface area contributed by atoms with Crippen LogP contribution in [0.5, 0.6) is 0 Å². The topological polar surface area (TPSA) is 87.7 Å². The summed E-state index contributed by atoms with van der Waals surface area (Å²) in [6.45, 7) is 5.80. The van der Waals surface area contributed by atoms with Crippen LogP contribution < -0.4 is 15.8 Å². The number of ether oxygens (including phenoxy) is 1. The summed E-state index contributed by atoms with van der Waals surface area (Å²) in [4.78, 5) is 23.8. The fourth-order valence-corrected chi connectivity index (χ4v) is 4.55. The standard InChI is InChI=1S/C20H24F2N2O4Si/c1-28-11-12-5-7-13(8-6-12)17(24-20(26)27)19(25)23-14-9-15(21)18(16(22)10-14)29(2,3)4/h5-10,17,24H,11H2,1-4H3,(H,23,25)(H,26,27). The van der Waals surface area contributed by atoms with Crippen molar-refractivity contribution < 1.29 is 28.2 Å². The Morgan fingerprint density at radius 3 is 2.10 bits per heavy atom. The van der Waals surface area contributed by atoms with E-state index in [2.05, 4.69) is 10.6 Å². The summed E-state index contributed by atoms with van der Waals surface area (Å²) in [5, 5.41) is 13.6. The van der Waals surface area contributed by atoms with Crippen LogP contribution in [0.25, 0.3) is 0 Å². The second kappa shape index (κ2) is 9.14. The lowest BCUT2D eigenvalue weighted by atomic mass is 10.0. The van der Waals surface area contributed by atoms with Gasteiger partial charge in [-0.2, -0.15) is 0 Å². The number of halogens is 2. The third-order valence-electron chi connectivity index (χ3n) is 4.21. The van der Waals surface area contributed by atoms with Crippen molar-refractivity contribution in [3.63, 3.8) is 0 Å². The molecule has 0 saturated heterocycles. The zero-order valence-electron chi connectivity index (χ0n) is 16.7. The van der Waals surface area contributed by atoms with E-state index >= 15 is 0 Å². The van der Waals surface area contributed by atoms with Crippen molar-refractivity contribution in [2.45, 2.75) is 32.3 Å². The molecule has 0 fully saturated rings. The molecule has 0 saturated carbocycles. The number of hydrogen-bond acceptors (Lipinski definition) is 3. The molecule has 156 valence electrons. The first-order valence-electron chi connectivity index (χ1n) is 8.90.